The number of ketones is 2. The molecule has 0 heterocycles. The quantitative estimate of drug-likeness (QED) is 0.614. The third kappa shape index (κ3) is 5.28. The second kappa shape index (κ2) is 7.90. The number of carbonyl (C=O) groups excluding carboxylic acids is 2. The van der Waals surface area contributed by atoms with E-state index in [0.29, 0.717) is 26.9 Å². The van der Waals surface area contributed by atoms with Crippen LogP contribution in [-0.4, -0.2) is 32.7 Å². The van der Waals surface area contributed by atoms with E-state index in [1.807, 2.05) is 0 Å². The average molecular weight is 325 g/mol. The van der Waals surface area contributed by atoms with Crippen LogP contribution in [0.2, 0.25) is 0 Å². The van der Waals surface area contributed by atoms with Crippen molar-refractivity contribution < 1.29 is 19.5 Å². The number of rotatable bonds is 6. The molecular weight excluding hydrogens is 310 g/mol. The summed E-state index contributed by atoms with van der Waals surface area (Å²) >= 11 is 6.28. The molecule has 0 aliphatic heterocycles. The van der Waals surface area contributed by atoms with Crippen LogP contribution in [0.5, 0.6) is 0 Å². The van der Waals surface area contributed by atoms with Gasteiger partial charge in [-0.3, -0.25) is 14.4 Å². The minimum absolute atomic E-state index is 0.000459. The van der Waals surface area contributed by atoms with Gasteiger partial charge in [0.05, 0.1) is 17.7 Å². The number of aliphatic carboxylic acids is 1. The third-order valence-corrected chi connectivity index (χ3v) is 3.81. The van der Waals surface area contributed by atoms with Crippen LogP contribution < -0.4 is 5.32 Å². The summed E-state index contributed by atoms with van der Waals surface area (Å²) < 4.78 is 0.361. The molecule has 21 heavy (non-hydrogen) atoms. The molecule has 112 valence electrons. The van der Waals surface area contributed by atoms with E-state index in [1.54, 1.807) is 18.2 Å². The molecule has 0 aromatic heterocycles. The molecule has 0 aliphatic carbocycles. The van der Waals surface area contributed by atoms with Crippen molar-refractivity contribution in [1.82, 2.24) is 0 Å². The highest BCUT2D eigenvalue weighted by Gasteiger charge is 2.16. The second-order valence-corrected chi connectivity index (χ2v) is 6.02. The monoisotopic (exact) mass is 325 g/mol. The van der Waals surface area contributed by atoms with E-state index in [2.05, 4.69) is 5.32 Å². The smallest absolute Gasteiger partial charge is 0.304 e. The van der Waals surface area contributed by atoms with Crippen molar-refractivity contribution in [1.29, 1.82) is 0 Å². The van der Waals surface area contributed by atoms with Gasteiger partial charge in [-0.05, 0) is 19.9 Å². The minimum Gasteiger partial charge on any atom is -0.481 e. The van der Waals surface area contributed by atoms with Crippen LogP contribution in [0.1, 0.15) is 41.0 Å². The Morgan fingerprint density at radius 2 is 1.90 bits per heavy atom. The third-order valence-electron chi connectivity index (χ3n) is 2.58. The number of hydrogen-bond acceptors (Lipinski definition) is 5. The summed E-state index contributed by atoms with van der Waals surface area (Å²) in [6.07, 6.45) is -0.000459. The molecule has 0 saturated heterocycles. The first-order chi connectivity index (χ1) is 9.82. The predicted molar refractivity (Wildman–Crippen MR) is 87.4 cm³/mol. The maximum absolute atomic E-state index is 11.8. The van der Waals surface area contributed by atoms with E-state index < -0.39 is 5.97 Å². The van der Waals surface area contributed by atoms with E-state index in [9.17, 15) is 14.4 Å². The van der Waals surface area contributed by atoms with Gasteiger partial charge in [0.1, 0.15) is 4.32 Å². The number of hydrogen-bond donors (Lipinski definition) is 2. The number of nitrogens with one attached hydrogen (secondary N) is 1. The first-order valence-electron chi connectivity index (χ1n) is 6.13. The Bertz CT molecular complexity index is 599. The second-order valence-electron chi connectivity index (χ2n) is 4.25. The van der Waals surface area contributed by atoms with E-state index in [0.717, 1.165) is 0 Å². The Labute approximate surface area is 132 Å². The molecule has 0 aliphatic rings. The van der Waals surface area contributed by atoms with Gasteiger partial charge in [-0.25, -0.2) is 0 Å². The normalized spacial score (nSPS) is 10.0. The lowest BCUT2D eigenvalue weighted by Gasteiger charge is -2.13. The molecule has 0 spiro atoms. The molecule has 0 saturated carbocycles. The van der Waals surface area contributed by atoms with Crippen molar-refractivity contribution in [3.05, 3.63) is 29.3 Å². The molecule has 0 unspecified atom stereocenters. The van der Waals surface area contributed by atoms with Crippen LogP contribution in [0.25, 0.3) is 0 Å². The van der Waals surface area contributed by atoms with Crippen molar-refractivity contribution in [2.24, 2.45) is 0 Å². The van der Waals surface area contributed by atoms with Crippen molar-refractivity contribution in [2.45, 2.75) is 20.3 Å². The van der Waals surface area contributed by atoms with Crippen LogP contribution in [0.15, 0.2) is 18.2 Å². The summed E-state index contributed by atoms with van der Waals surface area (Å²) in [5.74, 6) is -0.994. The average Bonchev–Trinajstić information content (AvgIpc) is 2.37. The number of thioether (sulfide) groups is 1. The van der Waals surface area contributed by atoms with Gasteiger partial charge >= 0.3 is 5.97 Å². The van der Waals surface area contributed by atoms with Crippen molar-refractivity contribution in [3.8, 4) is 0 Å². The molecule has 5 nitrogen and oxygen atoms in total. The number of anilines is 1. The number of carboxylic acids is 1. The van der Waals surface area contributed by atoms with E-state index in [1.165, 1.54) is 25.6 Å². The van der Waals surface area contributed by atoms with E-state index >= 15 is 0 Å². The van der Waals surface area contributed by atoms with Crippen molar-refractivity contribution in [2.75, 3.05) is 11.1 Å². The Morgan fingerprint density at radius 1 is 1.24 bits per heavy atom. The van der Waals surface area contributed by atoms with Crippen LogP contribution >= 0.6 is 24.0 Å². The SMILES string of the molecule is CC(=O)c1cccc(NC(=S)SCCC(=O)O)c1C(C)=O. The molecule has 0 atom stereocenters. The largest absolute Gasteiger partial charge is 0.481 e. The molecule has 0 fully saturated rings. The zero-order valence-corrected chi connectivity index (χ0v) is 13.3. The Kier molecular flexibility index (Phi) is 6.51. The topological polar surface area (TPSA) is 83.5 Å². The van der Waals surface area contributed by atoms with Gasteiger partial charge in [0, 0.05) is 11.3 Å². The lowest BCUT2D eigenvalue weighted by molar-refractivity contribution is -0.136. The highest BCUT2D eigenvalue weighted by molar-refractivity contribution is 8.23. The number of Topliss-reactive ketones (excluding diaryl/α,β-unsaturated/α-hetero) is 2. The summed E-state index contributed by atoms with van der Waals surface area (Å²) in [7, 11) is 0. The highest BCUT2D eigenvalue weighted by atomic mass is 32.2. The van der Waals surface area contributed by atoms with Gasteiger partial charge in [0.15, 0.2) is 11.6 Å². The summed E-state index contributed by atoms with van der Waals surface area (Å²) in [4.78, 5) is 33.8. The van der Waals surface area contributed by atoms with Crippen molar-refractivity contribution >= 4 is 51.5 Å². The van der Waals surface area contributed by atoms with Gasteiger partial charge < -0.3 is 10.4 Å². The highest BCUT2D eigenvalue weighted by Crippen LogP contribution is 2.23. The fourth-order valence-electron chi connectivity index (χ4n) is 1.71. The molecular formula is C14H15NO4S2. The molecule has 7 heteroatoms. The van der Waals surface area contributed by atoms with E-state index in [4.69, 9.17) is 17.3 Å². The Balaban J connectivity index is 2.90. The lowest BCUT2D eigenvalue weighted by Crippen LogP contribution is -2.13. The lowest BCUT2D eigenvalue weighted by atomic mass is 9.99. The molecule has 1 rings (SSSR count). The first-order valence-corrected chi connectivity index (χ1v) is 7.52. The fourth-order valence-corrected chi connectivity index (χ4v) is 2.71. The van der Waals surface area contributed by atoms with Gasteiger partial charge in [-0.1, -0.05) is 36.1 Å². The number of thiocarbonyl (C=S) groups is 1. The zero-order chi connectivity index (χ0) is 16.0. The van der Waals surface area contributed by atoms with Gasteiger partial charge in [-0.2, -0.15) is 0 Å². The summed E-state index contributed by atoms with van der Waals surface area (Å²) in [6.45, 7) is 2.78. The maximum Gasteiger partial charge on any atom is 0.304 e. The zero-order valence-electron chi connectivity index (χ0n) is 11.6. The van der Waals surface area contributed by atoms with E-state index in [-0.39, 0.29) is 18.0 Å². The molecule has 1 aromatic rings. The number of carbonyl (C=O) groups is 3. The Morgan fingerprint density at radius 3 is 2.43 bits per heavy atom. The van der Waals surface area contributed by atoms with Gasteiger partial charge in [0.25, 0.3) is 0 Å². The molecule has 2 N–H and O–H groups in total. The molecule has 0 radical (unpaired) electrons. The van der Waals surface area contributed by atoms with Crippen LogP contribution in [0, 0.1) is 0 Å². The summed E-state index contributed by atoms with van der Waals surface area (Å²) in [5.41, 5.74) is 1.10. The number of carboxylic acid groups (broad SMARTS) is 1. The predicted octanol–water partition coefficient (Wildman–Crippen LogP) is 3.00. The van der Waals surface area contributed by atoms with Gasteiger partial charge in [0.2, 0.25) is 0 Å². The fraction of sp³-hybridized carbons (Fsp3) is 0.286. The maximum atomic E-state index is 11.8. The molecule has 0 bridgehead atoms. The minimum atomic E-state index is -0.895. The summed E-state index contributed by atoms with van der Waals surface area (Å²) in [5, 5.41) is 11.5. The van der Waals surface area contributed by atoms with Crippen LogP contribution in [0.4, 0.5) is 5.69 Å². The first kappa shape index (κ1) is 17.3. The standard InChI is InChI=1S/C14H15NO4S2/c1-8(16)10-4-3-5-11(13(10)9(2)17)15-14(20)21-7-6-12(18)19/h3-5H,6-7H2,1-2H3,(H,15,20)(H,18,19). The van der Waals surface area contributed by atoms with Crippen LogP contribution in [-0.2, 0) is 4.79 Å². The van der Waals surface area contributed by atoms with Gasteiger partial charge in [-0.15, -0.1) is 0 Å². The summed E-state index contributed by atoms with van der Waals surface area (Å²) in [6, 6.07) is 4.91. The van der Waals surface area contributed by atoms with Crippen molar-refractivity contribution in [3.63, 3.8) is 0 Å². The molecule has 0 amide bonds. The number of benzene rings is 1. The van der Waals surface area contributed by atoms with Crippen LogP contribution in [0.3, 0.4) is 0 Å². The Hall–Kier alpha value is -1.73. The molecule has 1 aromatic carbocycles.